The maximum atomic E-state index is 13.0. The van der Waals surface area contributed by atoms with E-state index in [0.29, 0.717) is 5.95 Å². The van der Waals surface area contributed by atoms with Crippen LogP contribution in [0.1, 0.15) is 29.9 Å². The number of rotatable bonds is 5. The maximum absolute atomic E-state index is 13.0. The number of carbonyl (C=O) groups excluding carboxylic acids is 1. The predicted molar refractivity (Wildman–Crippen MR) is 93.6 cm³/mol. The van der Waals surface area contributed by atoms with Crippen LogP contribution in [0.5, 0.6) is 0 Å². The fraction of sp³-hybridized carbons (Fsp3) is 0.200. The number of H-pyrrole nitrogens is 1. The first-order chi connectivity index (χ1) is 11.8. The second-order valence-electron chi connectivity index (χ2n) is 6.30. The lowest BCUT2D eigenvalue weighted by Gasteiger charge is -2.27. The lowest BCUT2D eigenvalue weighted by molar-refractivity contribution is -0.121. The average Bonchev–Trinajstić information content (AvgIpc) is 3.26. The highest BCUT2D eigenvalue weighted by Gasteiger charge is 2.56. The second-order valence-corrected chi connectivity index (χ2v) is 6.30. The topological polar surface area (TPSA) is 57.8 Å². The zero-order chi connectivity index (χ0) is 16.4. The fourth-order valence-electron chi connectivity index (χ4n) is 3.47. The van der Waals surface area contributed by atoms with Crippen LogP contribution in [0.15, 0.2) is 73.1 Å². The van der Waals surface area contributed by atoms with Gasteiger partial charge in [0.15, 0.2) is 0 Å². The highest BCUT2D eigenvalue weighted by atomic mass is 16.2. The van der Waals surface area contributed by atoms with Crippen LogP contribution in [0.3, 0.4) is 0 Å². The second kappa shape index (κ2) is 5.96. The van der Waals surface area contributed by atoms with Gasteiger partial charge in [0.2, 0.25) is 11.9 Å². The van der Waals surface area contributed by atoms with Gasteiger partial charge in [-0.05, 0) is 24.0 Å². The minimum absolute atomic E-state index is 0.0372. The van der Waals surface area contributed by atoms with Crippen LogP contribution in [0.4, 0.5) is 5.95 Å². The van der Waals surface area contributed by atoms with Crippen molar-refractivity contribution in [2.45, 2.75) is 18.8 Å². The number of aromatic amines is 1. The molecule has 120 valence electrons. The van der Waals surface area contributed by atoms with Gasteiger partial charge in [0.1, 0.15) is 0 Å². The summed E-state index contributed by atoms with van der Waals surface area (Å²) in [5, 5.41) is 2.94. The molecule has 0 bridgehead atoms. The molecule has 2 aromatic carbocycles. The Kier molecular flexibility index (Phi) is 3.65. The smallest absolute Gasteiger partial charge is 0.233 e. The first kappa shape index (κ1) is 14.7. The number of carbonyl (C=O) groups is 1. The normalized spacial score (nSPS) is 15.2. The van der Waals surface area contributed by atoms with E-state index >= 15 is 0 Å². The summed E-state index contributed by atoms with van der Waals surface area (Å²) in [4.78, 5) is 20.1. The number of benzene rings is 2. The number of imidazole rings is 1. The number of hydrogen-bond acceptors (Lipinski definition) is 2. The molecule has 0 spiro atoms. The van der Waals surface area contributed by atoms with Crippen molar-refractivity contribution >= 4 is 11.9 Å². The Hall–Kier alpha value is -2.88. The van der Waals surface area contributed by atoms with Crippen molar-refractivity contribution in [3.05, 3.63) is 84.2 Å². The van der Waals surface area contributed by atoms with Crippen LogP contribution >= 0.6 is 0 Å². The third-order valence-corrected chi connectivity index (χ3v) is 4.79. The lowest BCUT2D eigenvalue weighted by atomic mass is 9.77. The van der Waals surface area contributed by atoms with Crippen LogP contribution in [0.2, 0.25) is 0 Å². The summed E-state index contributed by atoms with van der Waals surface area (Å²) in [6, 6.07) is 20.6. The Morgan fingerprint density at radius 1 is 1.00 bits per heavy atom. The summed E-state index contributed by atoms with van der Waals surface area (Å²) in [6.07, 6.45) is 5.12. The van der Waals surface area contributed by atoms with Crippen molar-refractivity contribution in [3.63, 3.8) is 0 Å². The third kappa shape index (κ3) is 2.60. The molecule has 0 saturated heterocycles. The average molecular weight is 317 g/mol. The molecule has 1 fully saturated rings. The van der Waals surface area contributed by atoms with Gasteiger partial charge in [-0.3, -0.25) is 10.1 Å². The molecule has 4 rings (SSSR count). The van der Waals surface area contributed by atoms with E-state index in [-0.39, 0.29) is 11.8 Å². The number of hydrogen-bond donors (Lipinski definition) is 2. The quantitative estimate of drug-likeness (QED) is 0.748. The Morgan fingerprint density at radius 2 is 1.58 bits per heavy atom. The van der Waals surface area contributed by atoms with Gasteiger partial charge < -0.3 is 4.98 Å². The molecule has 3 aromatic rings. The number of amides is 1. The number of nitrogens with zero attached hydrogens (tertiary/aromatic N) is 1. The zero-order valence-corrected chi connectivity index (χ0v) is 13.3. The lowest BCUT2D eigenvalue weighted by Crippen LogP contribution is -2.31. The molecule has 0 atom stereocenters. The molecule has 1 aliphatic rings. The maximum Gasteiger partial charge on any atom is 0.233 e. The SMILES string of the molecule is O=C(Nc1ncc[nH]1)C1(C(c2ccccc2)c2ccccc2)CC1. The molecule has 24 heavy (non-hydrogen) atoms. The fourth-order valence-corrected chi connectivity index (χ4v) is 3.47. The van der Waals surface area contributed by atoms with E-state index in [9.17, 15) is 4.79 Å². The molecule has 1 amide bonds. The highest BCUT2D eigenvalue weighted by molar-refractivity contribution is 5.97. The molecular formula is C20H19N3O. The van der Waals surface area contributed by atoms with E-state index in [0.717, 1.165) is 12.8 Å². The molecule has 1 aromatic heterocycles. The molecule has 4 nitrogen and oxygen atoms in total. The minimum atomic E-state index is -0.407. The van der Waals surface area contributed by atoms with Crippen molar-refractivity contribution in [3.8, 4) is 0 Å². The van der Waals surface area contributed by atoms with Crippen molar-refractivity contribution in [1.82, 2.24) is 9.97 Å². The first-order valence-electron chi connectivity index (χ1n) is 8.20. The van der Waals surface area contributed by atoms with Crippen molar-refractivity contribution in [1.29, 1.82) is 0 Å². The van der Waals surface area contributed by atoms with Crippen LogP contribution < -0.4 is 5.32 Å². The molecule has 2 N–H and O–H groups in total. The Bertz CT molecular complexity index is 769. The highest BCUT2D eigenvalue weighted by Crippen LogP contribution is 2.59. The predicted octanol–water partition coefficient (Wildman–Crippen LogP) is 3.96. The first-order valence-corrected chi connectivity index (χ1v) is 8.20. The Balaban J connectivity index is 1.72. The van der Waals surface area contributed by atoms with Crippen molar-refractivity contribution in [2.24, 2.45) is 5.41 Å². The van der Waals surface area contributed by atoms with Crippen LogP contribution in [-0.2, 0) is 4.79 Å². The van der Waals surface area contributed by atoms with E-state index in [2.05, 4.69) is 39.6 Å². The van der Waals surface area contributed by atoms with Crippen molar-refractivity contribution in [2.75, 3.05) is 5.32 Å². The molecule has 1 saturated carbocycles. The van der Waals surface area contributed by atoms with Gasteiger partial charge in [0.05, 0.1) is 5.41 Å². The summed E-state index contributed by atoms with van der Waals surface area (Å²) in [5.41, 5.74) is 1.95. The van der Waals surface area contributed by atoms with Gasteiger partial charge >= 0.3 is 0 Å². The zero-order valence-electron chi connectivity index (χ0n) is 13.3. The summed E-state index contributed by atoms with van der Waals surface area (Å²) in [6.45, 7) is 0. The molecule has 4 heteroatoms. The van der Waals surface area contributed by atoms with E-state index in [4.69, 9.17) is 0 Å². The minimum Gasteiger partial charge on any atom is -0.331 e. The van der Waals surface area contributed by atoms with Gasteiger partial charge in [-0.1, -0.05) is 60.7 Å². The van der Waals surface area contributed by atoms with Crippen molar-refractivity contribution < 1.29 is 4.79 Å². The molecule has 0 aliphatic heterocycles. The van der Waals surface area contributed by atoms with Crippen LogP contribution in [-0.4, -0.2) is 15.9 Å². The molecule has 0 radical (unpaired) electrons. The van der Waals surface area contributed by atoms with Gasteiger partial charge in [-0.2, -0.15) is 0 Å². The summed E-state index contributed by atoms with van der Waals surface area (Å²) in [7, 11) is 0. The van der Waals surface area contributed by atoms with E-state index < -0.39 is 5.41 Å². The number of anilines is 1. The number of nitrogens with one attached hydrogen (secondary N) is 2. The number of aromatic nitrogens is 2. The summed E-state index contributed by atoms with van der Waals surface area (Å²) in [5.74, 6) is 0.594. The third-order valence-electron chi connectivity index (χ3n) is 4.79. The summed E-state index contributed by atoms with van der Waals surface area (Å²) >= 11 is 0. The van der Waals surface area contributed by atoms with Crippen LogP contribution in [0.25, 0.3) is 0 Å². The van der Waals surface area contributed by atoms with Gasteiger partial charge in [0, 0.05) is 18.3 Å². The standard InChI is InChI=1S/C20H19N3O/c24-18(23-19-21-13-14-22-19)20(11-12-20)17(15-7-3-1-4-8-15)16-9-5-2-6-10-16/h1-10,13-14,17H,11-12H2,(H2,21,22,23,24). The molecule has 1 heterocycles. The Morgan fingerprint density at radius 3 is 2.04 bits per heavy atom. The molecule has 1 aliphatic carbocycles. The molecule has 0 unspecified atom stereocenters. The van der Waals surface area contributed by atoms with Gasteiger partial charge in [-0.15, -0.1) is 0 Å². The largest absolute Gasteiger partial charge is 0.331 e. The van der Waals surface area contributed by atoms with Gasteiger partial charge in [-0.25, -0.2) is 4.98 Å². The van der Waals surface area contributed by atoms with E-state index in [1.165, 1.54) is 11.1 Å². The summed E-state index contributed by atoms with van der Waals surface area (Å²) < 4.78 is 0. The Labute approximate surface area is 141 Å². The monoisotopic (exact) mass is 317 g/mol. The van der Waals surface area contributed by atoms with Gasteiger partial charge in [0.25, 0.3) is 0 Å². The van der Waals surface area contributed by atoms with E-state index in [1.54, 1.807) is 12.4 Å². The molecular weight excluding hydrogens is 298 g/mol. The van der Waals surface area contributed by atoms with Crippen LogP contribution in [0, 0.1) is 5.41 Å². The van der Waals surface area contributed by atoms with E-state index in [1.807, 2.05) is 36.4 Å².